The highest BCUT2D eigenvalue weighted by Gasteiger charge is 2.24. The number of rotatable bonds is 5. The van der Waals surface area contributed by atoms with Crippen molar-refractivity contribution >= 4 is 52.9 Å². The summed E-state index contributed by atoms with van der Waals surface area (Å²) in [6, 6.07) is 7.13. The zero-order chi connectivity index (χ0) is 15.9. The lowest BCUT2D eigenvalue weighted by molar-refractivity contribution is -0.121. The van der Waals surface area contributed by atoms with Gasteiger partial charge in [0.25, 0.3) is 5.91 Å². The maximum absolute atomic E-state index is 12.4. The average molecular weight is 355 g/mol. The van der Waals surface area contributed by atoms with Crippen molar-refractivity contribution in [2.75, 3.05) is 18.6 Å². The Labute approximate surface area is 142 Å². The number of carbonyl (C=O) groups is 2. The van der Waals surface area contributed by atoms with Gasteiger partial charge in [-0.1, -0.05) is 29.8 Å². The summed E-state index contributed by atoms with van der Waals surface area (Å²) in [6.45, 7) is 0. The van der Waals surface area contributed by atoms with E-state index in [4.69, 9.17) is 11.6 Å². The predicted octanol–water partition coefficient (Wildman–Crippen LogP) is 2.86. The van der Waals surface area contributed by atoms with E-state index in [0.717, 1.165) is 21.3 Å². The molecule has 22 heavy (non-hydrogen) atoms. The smallest absolute Gasteiger partial charge is 0.271 e. The molecule has 0 saturated carbocycles. The number of amides is 1. The summed E-state index contributed by atoms with van der Waals surface area (Å²) < 4.78 is 0.776. The van der Waals surface area contributed by atoms with E-state index in [9.17, 15) is 9.59 Å². The van der Waals surface area contributed by atoms with Crippen molar-refractivity contribution in [2.24, 2.45) is 0 Å². The number of thioether (sulfide) groups is 2. The van der Waals surface area contributed by atoms with E-state index >= 15 is 0 Å². The lowest BCUT2D eigenvalue weighted by atomic mass is 10.1. The summed E-state index contributed by atoms with van der Waals surface area (Å²) in [4.78, 5) is 24.5. The Morgan fingerprint density at radius 1 is 1.18 bits per heavy atom. The monoisotopic (exact) mass is 354 g/mol. The van der Waals surface area contributed by atoms with Crippen LogP contribution in [0.2, 0.25) is 5.02 Å². The van der Waals surface area contributed by atoms with Gasteiger partial charge in [0.15, 0.2) is 5.78 Å². The van der Waals surface area contributed by atoms with E-state index in [1.807, 2.05) is 12.1 Å². The highest BCUT2D eigenvalue weighted by Crippen LogP contribution is 2.39. The number of carbonyl (C=O) groups excluding carboxylic acids is 2. The van der Waals surface area contributed by atoms with E-state index in [2.05, 4.69) is 10.9 Å². The largest absolute Gasteiger partial charge is 0.289 e. The molecule has 0 atom stereocenters. The molecule has 4 nitrogen and oxygen atoms in total. The fourth-order valence-electron chi connectivity index (χ4n) is 1.77. The van der Waals surface area contributed by atoms with Crippen LogP contribution in [0.1, 0.15) is 5.56 Å². The minimum atomic E-state index is -0.412. The zero-order valence-electron chi connectivity index (χ0n) is 11.9. The Morgan fingerprint density at radius 3 is 2.41 bits per heavy atom. The van der Waals surface area contributed by atoms with Crippen LogP contribution in [-0.2, 0) is 9.59 Å². The standard InChI is InChI=1S/C15H15ClN2O2S2/c1-17-18-14(20)13(15-21-8-9-22-15)12(19)7-4-10-2-5-11(16)6-3-10/h2-7,17H,8-9H2,1H3,(H,18,20)/b7-4+. The van der Waals surface area contributed by atoms with Crippen LogP contribution in [0.25, 0.3) is 6.08 Å². The molecule has 1 aromatic carbocycles. The second-order valence-corrected chi connectivity index (χ2v) is 7.22. The molecule has 0 radical (unpaired) electrons. The molecule has 1 aromatic rings. The SMILES string of the molecule is CNNC(=O)C(C(=O)/C=C/c1ccc(Cl)cc1)=C1SCCS1. The van der Waals surface area contributed by atoms with Crippen molar-refractivity contribution in [3.05, 3.63) is 50.7 Å². The normalized spacial score (nSPS) is 14.4. The molecule has 1 saturated heterocycles. The van der Waals surface area contributed by atoms with Gasteiger partial charge in [0, 0.05) is 23.6 Å². The summed E-state index contributed by atoms with van der Waals surface area (Å²) in [5, 5.41) is 0.637. The van der Waals surface area contributed by atoms with E-state index in [1.54, 1.807) is 25.3 Å². The molecular formula is C15H15ClN2O2S2. The van der Waals surface area contributed by atoms with Crippen LogP contribution >= 0.6 is 35.1 Å². The van der Waals surface area contributed by atoms with Crippen molar-refractivity contribution in [3.8, 4) is 0 Å². The predicted molar refractivity (Wildman–Crippen MR) is 94.6 cm³/mol. The third-order valence-electron chi connectivity index (χ3n) is 2.76. The minimum absolute atomic E-state index is 0.187. The fourth-order valence-corrected chi connectivity index (χ4v) is 4.44. The number of allylic oxidation sites excluding steroid dienone is 1. The van der Waals surface area contributed by atoms with Gasteiger partial charge >= 0.3 is 0 Å². The van der Waals surface area contributed by atoms with Gasteiger partial charge in [0.05, 0.1) is 4.24 Å². The molecule has 0 unspecified atom stereocenters. The van der Waals surface area contributed by atoms with Gasteiger partial charge in [0.2, 0.25) is 0 Å². The maximum Gasteiger partial charge on any atom is 0.271 e. The van der Waals surface area contributed by atoms with Gasteiger partial charge in [-0.3, -0.25) is 15.0 Å². The fraction of sp³-hybridized carbons (Fsp3) is 0.200. The van der Waals surface area contributed by atoms with Gasteiger partial charge < -0.3 is 0 Å². The molecule has 0 bridgehead atoms. The molecule has 1 aliphatic rings. The summed E-state index contributed by atoms with van der Waals surface area (Å²) in [6.07, 6.45) is 3.09. The Kier molecular flexibility index (Phi) is 6.57. The first kappa shape index (κ1) is 17.1. The van der Waals surface area contributed by atoms with Crippen molar-refractivity contribution in [1.29, 1.82) is 0 Å². The van der Waals surface area contributed by atoms with E-state index in [1.165, 1.54) is 29.6 Å². The summed E-state index contributed by atoms with van der Waals surface area (Å²) in [7, 11) is 1.59. The van der Waals surface area contributed by atoms with Crippen molar-refractivity contribution < 1.29 is 9.59 Å². The molecule has 2 rings (SSSR count). The van der Waals surface area contributed by atoms with E-state index in [-0.39, 0.29) is 11.4 Å². The number of ketones is 1. The summed E-state index contributed by atoms with van der Waals surface area (Å²) in [5.74, 6) is 1.10. The number of hydrogen-bond acceptors (Lipinski definition) is 5. The first-order chi connectivity index (χ1) is 10.6. The number of benzene rings is 1. The number of halogens is 1. The van der Waals surface area contributed by atoms with Gasteiger partial charge in [-0.05, 0) is 23.8 Å². The van der Waals surface area contributed by atoms with Gasteiger partial charge in [0.1, 0.15) is 5.57 Å². The Bertz CT molecular complexity index is 619. The van der Waals surface area contributed by atoms with Crippen LogP contribution in [0.4, 0.5) is 0 Å². The van der Waals surface area contributed by atoms with Crippen molar-refractivity contribution in [2.45, 2.75) is 0 Å². The molecule has 0 spiro atoms. The maximum atomic E-state index is 12.4. The molecule has 1 heterocycles. The van der Waals surface area contributed by atoms with E-state index < -0.39 is 5.91 Å². The van der Waals surface area contributed by atoms with Crippen molar-refractivity contribution in [3.63, 3.8) is 0 Å². The molecule has 116 valence electrons. The lowest BCUT2D eigenvalue weighted by Crippen LogP contribution is -2.37. The second-order valence-electron chi connectivity index (χ2n) is 4.31. The van der Waals surface area contributed by atoms with E-state index in [0.29, 0.717) is 5.02 Å². The summed E-state index contributed by atoms with van der Waals surface area (Å²) >= 11 is 8.90. The highest BCUT2D eigenvalue weighted by atomic mass is 35.5. The average Bonchev–Trinajstić information content (AvgIpc) is 3.01. The minimum Gasteiger partial charge on any atom is -0.289 e. The van der Waals surface area contributed by atoms with Crippen molar-refractivity contribution in [1.82, 2.24) is 10.9 Å². The van der Waals surface area contributed by atoms with Gasteiger partial charge in [-0.2, -0.15) is 0 Å². The molecule has 1 amide bonds. The molecule has 7 heteroatoms. The Morgan fingerprint density at radius 2 is 1.82 bits per heavy atom. The van der Waals surface area contributed by atoms with Crippen LogP contribution < -0.4 is 10.9 Å². The Balaban J connectivity index is 2.20. The molecule has 1 fully saturated rings. The van der Waals surface area contributed by atoms with Crippen LogP contribution in [0.3, 0.4) is 0 Å². The molecule has 1 aliphatic heterocycles. The number of hydrogen-bond donors (Lipinski definition) is 2. The van der Waals surface area contributed by atoms with Crippen LogP contribution in [0.5, 0.6) is 0 Å². The highest BCUT2D eigenvalue weighted by molar-refractivity contribution is 8.25. The Hall–Kier alpha value is -1.21. The number of hydrazine groups is 1. The van der Waals surface area contributed by atoms with Crippen LogP contribution in [0.15, 0.2) is 40.2 Å². The first-order valence-corrected chi connectivity index (χ1v) is 8.91. The summed E-state index contributed by atoms with van der Waals surface area (Å²) in [5.41, 5.74) is 6.06. The number of nitrogens with one attached hydrogen (secondary N) is 2. The third-order valence-corrected chi connectivity index (χ3v) is 5.73. The second kappa shape index (κ2) is 8.43. The lowest BCUT2D eigenvalue weighted by Gasteiger charge is -2.07. The topological polar surface area (TPSA) is 58.2 Å². The third kappa shape index (κ3) is 4.64. The van der Waals surface area contributed by atoms with Gasteiger partial charge in [-0.15, -0.1) is 23.5 Å². The van der Waals surface area contributed by atoms with Crippen LogP contribution in [0, 0.1) is 0 Å². The quantitative estimate of drug-likeness (QED) is 0.368. The molecular weight excluding hydrogens is 340 g/mol. The molecule has 2 N–H and O–H groups in total. The molecule has 0 aliphatic carbocycles. The first-order valence-electron chi connectivity index (χ1n) is 6.56. The zero-order valence-corrected chi connectivity index (χ0v) is 14.3. The van der Waals surface area contributed by atoms with Gasteiger partial charge in [-0.25, -0.2) is 5.43 Å². The molecule has 0 aromatic heterocycles. The van der Waals surface area contributed by atoms with Crippen LogP contribution in [-0.4, -0.2) is 30.2 Å².